The molecule has 2 saturated heterocycles. The molecule has 2 atom stereocenters. The van der Waals surface area contributed by atoms with Crippen LogP contribution in [0.4, 0.5) is 8.78 Å². The SMILES string of the molecule is O=C1COC[C@@]2(CCCN3C(=O)COc4cc(F)cc(F)c4C4CCC(CC4)OCC32)N1. The highest BCUT2D eigenvalue weighted by atomic mass is 19.1. The molecule has 0 radical (unpaired) electrons. The van der Waals surface area contributed by atoms with Gasteiger partial charge in [-0.25, -0.2) is 8.78 Å². The minimum atomic E-state index is -0.730. The number of fused-ring (bicyclic) bond motifs is 5. The Balaban J connectivity index is 1.48. The number of morpholine rings is 1. The molecule has 1 unspecified atom stereocenters. The molecule has 9 heteroatoms. The largest absolute Gasteiger partial charge is 0.483 e. The second kappa shape index (κ2) is 8.59. The van der Waals surface area contributed by atoms with E-state index in [0.717, 1.165) is 25.0 Å². The summed E-state index contributed by atoms with van der Waals surface area (Å²) < 4.78 is 46.3. The first-order chi connectivity index (χ1) is 15.4. The maximum absolute atomic E-state index is 14.7. The van der Waals surface area contributed by atoms with Gasteiger partial charge in [-0.05, 0) is 44.4 Å². The van der Waals surface area contributed by atoms with Crippen LogP contribution in [0, 0.1) is 11.6 Å². The van der Waals surface area contributed by atoms with Gasteiger partial charge in [0.05, 0.1) is 30.9 Å². The monoisotopic (exact) mass is 450 g/mol. The Kier molecular flexibility index (Phi) is 5.79. The predicted octanol–water partition coefficient (Wildman–Crippen LogP) is 2.28. The molecule has 1 aromatic carbocycles. The summed E-state index contributed by atoms with van der Waals surface area (Å²) in [6.45, 7) is 0.743. The summed E-state index contributed by atoms with van der Waals surface area (Å²) in [7, 11) is 0. The zero-order valence-electron chi connectivity index (χ0n) is 17.9. The third kappa shape index (κ3) is 3.96. The number of benzene rings is 1. The number of hydrogen-bond donors (Lipinski definition) is 1. The minimum Gasteiger partial charge on any atom is -0.483 e. The molecule has 0 aromatic heterocycles. The smallest absolute Gasteiger partial charge is 0.260 e. The highest BCUT2D eigenvalue weighted by Crippen LogP contribution is 2.41. The van der Waals surface area contributed by atoms with E-state index in [9.17, 15) is 18.4 Å². The van der Waals surface area contributed by atoms with Crippen molar-refractivity contribution in [2.24, 2.45) is 0 Å². The van der Waals surface area contributed by atoms with E-state index in [0.29, 0.717) is 44.4 Å². The highest BCUT2D eigenvalue weighted by Gasteiger charge is 2.50. The summed E-state index contributed by atoms with van der Waals surface area (Å²) in [6, 6.07) is 1.64. The highest BCUT2D eigenvalue weighted by molar-refractivity contribution is 5.81. The first kappa shape index (κ1) is 21.6. The van der Waals surface area contributed by atoms with E-state index < -0.39 is 23.2 Å². The molecule has 3 fully saturated rings. The molecule has 1 aromatic rings. The maximum atomic E-state index is 14.7. The molecule has 6 rings (SSSR count). The molecule has 2 amide bonds. The van der Waals surface area contributed by atoms with Crippen LogP contribution in [0.2, 0.25) is 0 Å². The van der Waals surface area contributed by atoms with Gasteiger partial charge in [0.15, 0.2) is 6.61 Å². The summed E-state index contributed by atoms with van der Waals surface area (Å²) in [5, 5.41) is 3.07. The number of rotatable bonds is 0. The van der Waals surface area contributed by atoms with E-state index in [1.807, 2.05) is 0 Å². The topological polar surface area (TPSA) is 77.1 Å². The van der Waals surface area contributed by atoms with Gasteiger partial charge in [0.25, 0.3) is 5.91 Å². The third-order valence-electron chi connectivity index (χ3n) is 7.32. The van der Waals surface area contributed by atoms with E-state index in [1.54, 1.807) is 4.90 Å². The number of carbonyl (C=O) groups excluding carboxylic acids is 2. The fourth-order valence-corrected chi connectivity index (χ4v) is 5.77. The van der Waals surface area contributed by atoms with Crippen molar-refractivity contribution in [3.05, 3.63) is 29.3 Å². The summed E-state index contributed by atoms with van der Waals surface area (Å²) in [4.78, 5) is 27.1. The van der Waals surface area contributed by atoms with Crippen molar-refractivity contribution < 1.29 is 32.6 Å². The number of nitrogens with one attached hydrogen (secondary N) is 1. The second-order valence-corrected chi connectivity index (χ2v) is 9.30. The fraction of sp³-hybridized carbons (Fsp3) is 0.652. The third-order valence-corrected chi connectivity index (χ3v) is 7.32. The Morgan fingerprint density at radius 1 is 1.09 bits per heavy atom. The van der Waals surface area contributed by atoms with Gasteiger partial charge in [-0.3, -0.25) is 9.59 Å². The van der Waals surface area contributed by atoms with E-state index >= 15 is 0 Å². The molecule has 5 aliphatic rings. The summed E-state index contributed by atoms with van der Waals surface area (Å²) in [5.74, 6) is -1.89. The van der Waals surface area contributed by atoms with E-state index in [4.69, 9.17) is 14.2 Å². The van der Waals surface area contributed by atoms with Crippen molar-refractivity contribution in [1.29, 1.82) is 0 Å². The quantitative estimate of drug-likeness (QED) is 0.656. The average Bonchev–Trinajstić information content (AvgIpc) is 2.77. The van der Waals surface area contributed by atoms with Crippen LogP contribution >= 0.6 is 0 Å². The lowest BCUT2D eigenvalue weighted by atomic mass is 9.80. The minimum absolute atomic E-state index is 0.00428. The molecular weight excluding hydrogens is 422 g/mol. The molecule has 4 aliphatic heterocycles. The van der Waals surface area contributed by atoms with E-state index in [2.05, 4.69) is 5.32 Å². The lowest BCUT2D eigenvalue weighted by molar-refractivity contribution is -0.156. The Bertz CT molecular complexity index is 901. The standard InChI is InChI=1S/C23H28F2N2O5/c24-15-8-17(25)22-14-2-4-16(5-3-14)31-10-19-23(13-30-11-20(28)26-23)6-1-7-27(19)21(29)12-32-18(22)9-15/h8-9,14,16,19H,1-7,10-13H2,(H,26,28)/t14?,16?,19?,23-/m1/s1. The molecule has 1 N–H and O–H groups in total. The number of hydrogen-bond acceptors (Lipinski definition) is 5. The van der Waals surface area contributed by atoms with Gasteiger partial charge in [-0.15, -0.1) is 0 Å². The van der Waals surface area contributed by atoms with Gasteiger partial charge in [-0.1, -0.05) is 0 Å². The summed E-state index contributed by atoms with van der Waals surface area (Å²) >= 11 is 0. The van der Waals surface area contributed by atoms with Crippen LogP contribution < -0.4 is 10.1 Å². The van der Waals surface area contributed by atoms with E-state index in [1.165, 1.54) is 0 Å². The van der Waals surface area contributed by atoms with Gasteiger partial charge < -0.3 is 24.4 Å². The van der Waals surface area contributed by atoms with Crippen molar-refractivity contribution >= 4 is 11.8 Å². The van der Waals surface area contributed by atoms with Crippen molar-refractivity contribution in [3.8, 4) is 5.75 Å². The van der Waals surface area contributed by atoms with Crippen molar-refractivity contribution in [3.63, 3.8) is 0 Å². The normalized spacial score (nSPS) is 33.3. The summed E-state index contributed by atoms with van der Waals surface area (Å²) in [5.41, 5.74) is -0.368. The molecule has 32 heavy (non-hydrogen) atoms. The van der Waals surface area contributed by atoms with Crippen molar-refractivity contribution in [2.45, 2.75) is 62.1 Å². The molecule has 4 heterocycles. The molecule has 174 valence electrons. The maximum Gasteiger partial charge on any atom is 0.260 e. The number of piperidine rings is 1. The number of nitrogens with zero attached hydrogens (tertiary/aromatic N) is 1. The second-order valence-electron chi connectivity index (χ2n) is 9.30. The Morgan fingerprint density at radius 3 is 2.69 bits per heavy atom. The van der Waals surface area contributed by atoms with Gasteiger partial charge >= 0.3 is 0 Å². The molecule has 1 saturated carbocycles. The number of halogens is 2. The first-order valence-electron chi connectivity index (χ1n) is 11.4. The number of carbonyl (C=O) groups is 2. The molecule has 2 bridgehead atoms. The molecular formula is C23H28F2N2O5. The van der Waals surface area contributed by atoms with Crippen LogP contribution in [0.1, 0.15) is 50.0 Å². The van der Waals surface area contributed by atoms with Gasteiger partial charge in [0.1, 0.15) is 24.0 Å². The molecule has 1 spiro atoms. The first-order valence-corrected chi connectivity index (χ1v) is 11.4. The van der Waals surface area contributed by atoms with Gasteiger partial charge in [-0.2, -0.15) is 0 Å². The van der Waals surface area contributed by atoms with Crippen LogP contribution in [0.15, 0.2) is 12.1 Å². The average molecular weight is 450 g/mol. The van der Waals surface area contributed by atoms with Crippen LogP contribution in [0.25, 0.3) is 0 Å². The number of amides is 2. The van der Waals surface area contributed by atoms with Crippen LogP contribution in [0.5, 0.6) is 5.75 Å². The lowest BCUT2D eigenvalue weighted by Gasteiger charge is -2.51. The molecule has 7 nitrogen and oxygen atoms in total. The van der Waals surface area contributed by atoms with Gasteiger partial charge in [0.2, 0.25) is 5.91 Å². The van der Waals surface area contributed by atoms with Gasteiger partial charge in [0, 0.05) is 24.2 Å². The number of ether oxygens (including phenoxy) is 3. The van der Waals surface area contributed by atoms with Crippen LogP contribution in [-0.2, 0) is 19.1 Å². The zero-order chi connectivity index (χ0) is 22.3. The fourth-order valence-electron chi connectivity index (χ4n) is 5.77. The Morgan fingerprint density at radius 2 is 1.91 bits per heavy atom. The Labute approximate surface area is 185 Å². The lowest BCUT2D eigenvalue weighted by Crippen LogP contribution is -2.72. The zero-order valence-corrected chi connectivity index (χ0v) is 17.9. The van der Waals surface area contributed by atoms with Crippen LogP contribution in [-0.4, -0.2) is 67.4 Å². The van der Waals surface area contributed by atoms with Crippen molar-refractivity contribution in [1.82, 2.24) is 10.2 Å². The predicted molar refractivity (Wildman–Crippen MR) is 109 cm³/mol. The Hall–Kier alpha value is -2.26. The van der Waals surface area contributed by atoms with Crippen molar-refractivity contribution in [2.75, 3.05) is 33.0 Å². The summed E-state index contributed by atoms with van der Waals surface area (Å²) in [6.07, 6.45) is 4.21. The molecule has 1 aliphatic carbocycles. The van der Waals surface area contributed by atoms with Crippen LogP contribution in [0.3, 0.4) is 0 Å². The van der Waals surface area contributed by atoms with E-state index in [-0.39, 0.29) is 49.4 Å².